The molecule has 1 aliphatic carbocycles. The highest BCUT2D eigenvalue weighted by Crippen LogP contribution is 2.44. The van der Waals surface area contributed by atoms with Gasteiger partial charge in [-0.25, -0.2) is 4.68 Å². The van der Waals surface area contributed by atoms with Crippen molar-refractivity contribution >= 4 is 17.0 Å². The molecule has 1 aliphatic heterocycles. The van der Waals surface area contributed by atoms with Crippen molar-refractivity contribution in [2.75, 3.05) is 6.54 Å². The number of fused-ring (bicyclic) bond motifs is 2. The number of ether oxygens (including phenoxy) is 1. The van der Waals surface area contributed by atoms with Crippen molar-refractivity contribution in [3.05, 3.63) is 88.0 Å². The zero-order chi connectivity index (χ0) is 25.7. The van der Waals surface area contributed by atoms with Crippen molar-refractivity contribution in [3.8, 4) is 5.75 Å². The van der Waals surface area contributed by atoms with Crippen LogP contribution < -0.4 is 4.74 Å². The summed E-state index contributed by atoms with van der Waals surface area (Å²) < 4.78 is 8.20. The molecule has 3 aromatic carbocycles. The number of aromatic nitrogens is 3. The maximum atomic E-state index is 12.0. The summed E-state index contributed by atoms with van der Waals surface area (Å²) in [5.41, 5.74) is 8.32. The van der Waals surface area contributed by atoms with Gasteiger partial charge < -0.3 is 9.84 Å². The summed E-state index contributed by atoms with van der Waals surface area (Å²) in [6, 6.07) is 18.8. The lowest BCUT2D eigenvalue weighted by molar-refractivity contribution is -0.137. The van der Waals surface area contributed by atoms with E-state index in [1.54, 1.807) is 4.68 Å². The fraction of sp³-hybridized carbons (Fsp3) is 0.367. The average molecular weight is 497 g/mol. The van der Waals surface area contributed by atoms with Crippen molar-refractivity contribution in [2.24, 2.45) is 7.05 Å². The summed E-state index contributed by atoms with van der Waals surface area (Å²) in [6.07, 6.45) is 2.19. The van der Waals surface area contributed by atoms with Crippen LogP contribution in [0.4, 0.5) is 0 Å². The second-order valence-electron chi connectivity index (χ2n) is 10.7. The van der Waals surface area contributed by atoms with Crippen LogP contribution in [0.3, 0.4) is 0 Å². The van der Waals surface area contributed by atoms with Gasteiger partial charge in [-0.15, -0.1) is 5.10 Å². The fourth-order valence-electron chi connectivity index (χ4n) is 5.74. The highest BCUT2D eigenvalue weighted by molar-refractivity contribution is 5.80. The van der Waals surface area contributed by atoms with E-state index in [0.717, 1.165) is 65.9 Å². The van der Waals surface area contributed by atoms with Gasteiger partial charge in [0, 0.05) is 38.2 Å². The Hall–Kier alpha value is -3.71. The van der Waals surface area contributed by atoms with Crippen LogP contribution in [0.5, 0.6) is 5.75 Å². The average Bonchev–Trinajstić information content (AvgIpc) is 3.55. The first-order valence-corrected chi connectivity index (χ1v) is 12.9. The molecule has 7 heteroatoms. The Labute approximate surface area is 216 Å². The Balaban J connectivity index is 1.35. The molecule has 0 amide bonds. The van der Waals surface area contributed by atoms with E-state index in [9.17, 15) is 9.90 Å². The Morgan fingerprint density at radius 2 is 1.95 bits per heavy atom. The van der Waals surface area contributed by atoms with Crippen molar-refractivity contribution in [1.82, 2.24) is 19.9 Å². The van der Waals surface area contributed by atoms with Gasteiger partial charge in [-0.05, 0) is 66.6 Å². The van der Waals surface area contributed by atoms with Crippen molar-refractivity contribution in [3.63, 3.8) is 0 Å². The van der Waals surface area contributed by atoms with Crippen LogP contribution in [0.15, 0.2) is 54.6 Å². The smallest absolute Gasteiger partial charge is 0.304 e. The molecule has 6 rings (SSSR count). The maximum Gasteiger partial charge on any atom is 0.304 e. The number of aryl methyl sites for hydroxylation is 3. The number of carboxylic acids is 1. The third-order valence-corrected chi connectivity index (χ3v) is 8.02. The quantitative estimate of drug-likeness (QED) is 0.399. The predicted octanol–water partition coefficient (Wildman–Crippen LogP) is 5.12. The molecule has 4 aromatic rings. The predicted molar refractivity (Wildman–Crippen MR) is 142 cm³/mol. The van der Waals surface area contributed by atoms with E-state index in [-0.39, 0.29) is 17.9 Å². The zero-order valence-electron chi connectivity index (χ0n) is 21.6. The number of benzene rings is 3. The third kappa shape index (κ3) is 4.48. The largest absolute Gasteiger partial charge is 0.486 e. The first kappa shape index (κ1) is 23.7. The van der Waals surface area contributed by atoms with Gasteiger partial charge in [0.25, 0.3) is 0 Å². The summed E-state index contributed by atoms with van der Waals surface area (Å²) in [5, 5.41) is 18.3. The Bertz CT molecular complexity index is 1500. The normalized spacial score (nSPS) is 17.3. The van der Waals surface area contributed by atoms with Gasteiger partial charge in [-0.3, -0.25) is 9.69 Å². The molecule has 0 radical (unpaired) electrons. The Morgan fingerprint density at radius 3 is 2.73 bits per heavy atom. The lowest BCUT2D eigenvalue weighted by Crippen LogP contribution is -2.34. The van der Waals surface area contributed by atoms with E-state index in [1.807, 2.05) is 32.2 Å². The molecule has 37 heavy (non-hydrogen) atoms. The van der Waals surface area contributed by atoms with Crippen LogP contribution in [-0.4, -0.2) is 43.1 Å². The van der Waals surface area contributed by atoms with Crippen molar-refractivity contribution < 1.29 is 14.6 Å². The number of rotatable bonds is 6. The summed E-state index contributed by atoms with van der Waals surface area (Å²) in [6.45, 7) is 6.67. The van der Waals surface area contributed by atoms with E-state index >= 15 is 0 Å². The number of nitrogens with zero attached hydrogens (tertiary/aromatic N) is 4. The van der Waals surface area contributed by atoms with Crippen LogP contribution in [0.1, 0.15) is 58.6 Å². The number of hydrogen-bond donors (Lipinski definition) is 1. The minimum Gasteiger partial charge on any atom is -0.486 e. The second kappa shape index (κ2) is 8.99. The highest BCUT2D eigenvalue weighted by Gasteiger charge is 2.48. The molecule has 1 aromatic heterocycles. The minimum absolute atomic E-state index is 0.0170. The molecule has 1 spiro atoms. The number of aliphatic carboxylic acids is 1. The number of carbonyl (C=O) groups is 1. The SMILES string of the molecule is Cc1ccc(C(CC(=O)O)c2ccc3c(nnn3C)c2C)cc1CN1Cc2ccccc2OC2(CC2)C1. The van der Waals surface area contributed by atoms with Gasteiger partial charge in [0.2, 0.25) is 0 Å². The topological polar surface area (TPSA) is 80.5 Å². The molecular weight excluding hydrogens is 464 g/mol. The number of hydrogen-bond acceptors (Lipinski definition) is 5. The summed E-state index contributed by atoms with van der Waals surface area (Å²) in [5.74, 6) is -0.0849. The monoisotopic (exact) mass is 496 g/mol. The summed E-state index contributed by atoms with van der Waals surface area (Å²) >= 11 is 0. The van der Waals surface area contributed by atoms with Gasteiger partial charge in [0.05, 0.1) is 11.9 Å². The maximum absolute atomic E-state index is 12.0. The molecule has 2 aliphatic rings. The van der Waals surface area contributed by atoms with Crippen LogP contribution in [-0.2, 0) is 24.9 Å². The van der Waals surface area contributed by atoms with Crippen molar-refractivity contribution in [2.45, 2.75) is 57.7 Å². The third-order valence-electron chi connectivity index (χ3n) is 8.02. The molecule has 2 heterocycles. The fourth-order valence-corrected chi connectivity index (χ4v) is 5.74. The second-order valence-corrected chi connectivity index (χ2v) is 10.7. The van der Waals surface area contributed by atoms with Gasteiger partial charge >= 0.3 is 5.97 Å². The van der Waals surface area contributed by atoms with Gasteiger partial charge in [0.15, 0.2) is 0 Å². The molecule has 1 atom stereocenters. The Kier molecular flexibility index (Phi) is 5.75. The van der Waals surface area contributed by atoms with E-state index in [2.05, 4.69) is 58.5 Å². The first-order valence-electron chi connectivity index (χ1n) is 12.9. The molecule has 7 nitrogen and oxygen atoms in total. The van der Waals surface area contributed by atoms with E-state index < -0.39 is 5.97 Å². The molecule has 1 fully saturated rings. The minimum atomic E-state index is -0.817. The molecule has 0 saturated heterocycles. The lowest BCUT2D eigenvalue weighted by Gasteiger charge is -2.26. The van der Waals surface area contributed by atoms with Gasteiger partial charge in [-0.2, -0.15) is 0 Å². The molecule has 1 unspecified atom stereocenters. The van der Waals surface area contributed by atoms with E-state index in [0.29, 0.717) is 0 Å². The lowest BCUT2D eigenvalue weighted by atomic mass is 9.84. The van der Waals surface area contributed by atoms with E-state index in [4.69, 9.17) is 4.74 Å². The summed E-state index contributed by atoms with van der Waals surface area (Å²) in [4.78, 5) is 14.5. The zero-order valence-corrected chi connectivity index (χ0v) is 21.6. The standard InChI is InChI=1S/C30H32N4O3/c1-19-8-9-21(25(15-28(35)36)24-10-11-26-29(20(24)2)31-32-33(26)3)14-23(19)17-34-16-22-6-4-5-7-27(22)37-30(18-34)12-13-30/h4-11,14,25H,12-13,15-18H2,1-3H3,(H,35,36). The van der Waals surface area contributed by atoms with Gasteiger partial charge in [0.1, 0.15) is 16.9 Å². The van der Waals surface area contributed by atoms with E-state index in [1.165, 1.54) is 16.7 Å². The number of para-hydroxylation sites is 1. The molecule has 1 saturated carbocycles. The molecular formula is C30H32N4O3. The molecule has 0 bridgehead atoms. The van der Waals surface area contributed by atoms with Crippen LogP contribution >= 0.6 is 0 Å². The molecule has 190 valence electrons. The molecule has 1 N–H and O–H groups in total. The first-order chi connectivity index (χ1) is 17.8. The van der Waals surface area contributed by atoms with Crippen LogP contribution in [0.25, 0.3) is 11.0 Å². The highest BCUT2D eigenvalue weighted by atomic mass is 16.5. The van der Waals surface area contributed by atoms with Crippen LogP contribution in [0, 0.1) is 13.8 Å². The Morgan fingerprint density at radius 1 is 1.14 bits per heavy atom. The van der Waals surface area contributed by atoms with Crippen LogP contribution in [0.2, 0.25) is 0 Å². The van der Waals surface area contributed by atoms with Crippen molar-refractivity contribution in [1.29, 1.82) is 0 Å². The van der Waals surface area contributed by atoms with Gasteiger partial charge in [-0.1, -0.05) is 47.7 Å². The number of carboxylic acid groups (broad SMARTS) is 1. The summed E-state index contributed by atoms with van der Waals surface area (Å²) in [7, 11) is 1.87.